The maximum atomic E-state index is 6.52. The van der Waals surface area contributed by atoms with Gasteiger partial charge in [-0.2, -0.15) is 0 Å². The summed E-state index contributed by atoms with van der Waals surface area (Å²) < 4.78 is 12.9. The normalized spacial score (nSPS) is 11.7. The van der Waals surface area contributed by atoms with Crippen LogP contribution in [0.3, 0.4) is 0 Å². The molecule has 0 aliphatic heterocycles. The van der Waals surface area contributed by atoms with E-state index in [-0.39, 0.29) is 0 Å². The Labute approximate surface area is 309 Å². The molecule has 54 heavy (non-hydrogen) atoms. The van der Waals surface area contributed by atoms with Gasteiger partial charge in [0.2, 0.25) is 0 Å². The zero-order valence-electron chi connectivity index (χ0n) is 28.8. The van der Waals surface area contributed by atoms with Crippen LogP contribution in [0, 0.1) is 0 Å². The summed E-state index contributed by atoms with van der Waals surface area (Å²) in [6.45, 7) is 0. The number of rotatable bonds is 5. The molecule has 0 saturated carbocycles. The second-order valence-corrected chi connectivity index (χ2v) is 13.4. The van der Waals surface area contributed by atoms with Crippen molar-refractivity contribution in [2.45, 2.75) is 0 Å². The summed E-state index contributed by atoms with van der Waals surface area (Å²) in [6, 6.07) is 57.4. The Morgan fingerprint density at radius 3 is 1.61 bits per heavy atom. The maximum absolute atomic E-state index is 6.52. The molecule has 0 aliphatic carbocycles. The molecule has 0 N–H and O–H groups in total. The Kier molecular flexibility index (Phi) is 6.75. The van der Waals surface area contributed by atoms with Crippen LogP contribution in [0.2, 0.25) is 0 Å². The number of benzene rings is 7. The number of nitrogens with zero attached hydrogens (tertiary/aromatic N) is 4. The predicted molar refractivity (Wildman–Crippen MR) is 217 cm³/mol. The SMILES string of the molecule is c1ccc(-c2nc(-c3ccc(-c4cccc5c4oc4ccccc45)cc3)nc(-c3ccc4c(c3)nc(-c3ccccc3)c3c5ccccc5oc43)n2)cc1. The summed E-state index contributed by atoms with van der Waals surface area (Å²) in [7, 11) is 0. The van der Waals surface area contributed by atoms with Crippen molar-refractivity contribution in [1.82, 2.24) is 19.9 Å². The lowest BCUT2D eigenvalue weighted by Crippen LogP contribution is -2.00. The van der Waals surface area contributed by atoms with Crippen LogP contribution in [-0.4, -0.2) is 19.9 Å². The van der Waals surface area contributed by atoms with Gasteiger partial charge in [-0.15, -0.1) is 0 Å². The van der Waals surface area contributed by atoms with E-state index in [1.807, 2.05) is 91.0 Å². The lowest BCUT2D eigenvalue weighted by atomic mass is 10.0. The zero-order chi connectivity index (χ0) is 35.6. The van der Waals surface area contributed by atoms with Gasteiger partial charge in [-0.25, -0.2) is 19.9 Å². The highest BCUT2D eigenvalue weighted by Crippen LogP contribution is 2.41. The van der Waals surface area contributed by atoms with Gasteiger partial charge in [-0.1, -0.05) is 146 Å². The van der Waals surface area contributed by atoms with Crippen LogP contribution in [0.4, 0.5) is 0 Å². The largest absolute Gasteiger partial charge is 0.455 e. The van der Waals surface area contributed by atoms with E-state index in [0.29, 0.717) is 17.5 Å². The Bertz CT molecular complexity index is 3200. The van der Waals surface area contributed by atoms with Crippen molar-refractivity contribution in [3.05, 3.63) is 170 Å². The van der Waals surface area contributed by atoms with Gasteiger partial charge in [-0.3, -0.25) is 0 Å². The van der Waals surface area contributed by atoms with Crippen molar-refractivity contribution in [3.63, 3.8) is 0 Å². The quantitative estimate of drug-likeness (QED) is 0.179. The van der Waals surface area contributed by atoms with Gasteiger partial charge in [-0.05, 0) is 29.8 Å². The van der Waals surface area contributed by atoms with E-state index < -0.39 is 0 Å². The van der Waals surface area contributed by atoms with Crippen molar-refractivity contribution in [2.24, 2.45) is 0 Å². The number of aromatic nitrogens is 4. The summed E-state index contributed by atoms with van der Waals surface area (Å²) in [5.74, 6) is 1.74. The van der Waals surface area contributed by atoms with Gasteiger partial charge in [0.05, 0.1) is 16.6 Å². The minimum atomic E-state index is 0.560. The molecule has 0 saturated heterocycles. The molecule has 4 aromatic heterocycles. The number of para-hydroxylation sites is 3. The molecule has 252 valence electrons. The fraction of sp³-hybridized carbons (Fsp3) is 0. The molecule has 0 atom stereocenters. The van der Waals surface area contributed by atoms with Crippen LogP contribution in [0.5, 0.6) is 0 Å². The lowest BCUT2D eigenvalue weighted by molar-refractivity contribution is 0.670. The van der Waals surface area contributed by atoms with Gasteiger partial charge < -0.3 is 8.83 Å². The topological polar surface area (TPSA) is 77.8 Å². The first-order chi connectivity index (χ1) is 26.7. The van der Waals surface area contributed by atoms with Gasteiger partial charge in [0, 0.05) is 49.4 Å². The van der Waals surface area contributed by atoms with Crippen molar-refractivity contribution >= 4 is 54.8 Å². The standard InChI is InChI=1S/C48H28N4O2/c1-3-12-30(13-4-1)43-42-38-17-8-10-21-41(38)54-45(42)37-27-26-33(28-39(37)49-43)48-51-46(31-14-5-2-6-15-31)50-47(52-48)32-24-22-29(23-25-32)34-18-11-19-36-35-16-7-9-20-40(35)53-44(34)36/h1-28H. The summed E-state index contributed by atoms with van der Waals surface area (Å²) in [6.07, 6.45) is 0. The number of fused-ring (bicyclic) bond motifs is 8. The van der Waals surface area contributed by atoms with Crippen LogP contribution in [0.25, 0.3) is 111 Å². The maximum Gasteiger partial charge on any atom is 0.164 e. The molecule has 0 aliphatic rings. The molecule has 7 aromatic carbocycles. The van der Waals surface area contributed by atoms with E-state index in [9.17, 15) is 0 Å². The van der Waals surface area contributed by atoms with Crippen molar-refractivity contribution in [3.8, 4) is 56.5 Å². The number of hydrogen-bond donors (Lipinski definition) is 0. The average Bonchev–Trinajstić information content (AvgIpc) is 3.83. The molecule has 11 rings (SSSR count). The van der Waals surface area contributed by atoms with E-state index >= 15 is 0 Å². The Morgan fingerprint density at radius 2 is 0.870 bits per heavy atom. The molecule has 4 heterocycles. The molecule has 0 radical (unpaired) electrons. The van der Waals surface area contributed by atoms with E-state index in [0.717, 1.165) is 93.9 Å². The van der Waals surface area contributed by atoms with E-state index in [1.165, 1.54) is 0 Å². The first-order valence-corrected chi connectivity index (χ1v) is 17.9. The van der Waals surface area contributed by atoms with Crippen LogP contribution in [0.15, 0.2) is 179 Å². The summed E-state index contributed by atoms with van der Waals surface area (Å²) in [4.78, 5) is 20.4. The molecule has 0 spiro atoms. The average molecular weight is 693 g/mol. The predicted octanol–water partition coefficient (Wildman–Crippen LogP) is 12.6. The first kappa shape index (κ1) is 30.2. The second kappa shape index (κ2) is 12.1. The van der Waals surface area contributed by atoms with E-state index in [4.69, 9.17) is 28.8 Å². The molecule has 6 heteroatoms. The van der Waals surface area contributed by atoms with E-state index in [1.54, 1.807) is 0 Å². The van der Waals surface area contributed by atoms with Gasteiger partial charge in [0.15, 0.2) is 17.5 Å². The van der Waals surface area contributed by atoms with Crippen molar-refractivity contribution in [2.75, 3.05) is 0 Å². The minimum Gasteiger partial charge on any atom is -0.455 e. The summed E-state index contributed by atoms with van der Waals surface area (Å²) in [5, 5.41) is 5.19. The Balaban J connectivity index is 1.06. The fourth-order valence-corrected chi connectivity index (χ4v) is 7.53. The molecular formula is C48H28N4O2. The van der Waals surface area contributed by atoms with Crippen LogP contribution in [-0.2, 0) is 0 Å². The Hall–Kier alpha value is -7.44. The molecule has 0 fully saturated rings. The highest BCUT2D eigenvalue weighted by Gasteiger charge is 2.20. The molecule has 11 aromatic rings. The minimum absolute atomic E-state index is 0.560. The van der Waals surface area contributed by atoms with E-state index in [2.05, 4.69) is 78.9 Å². The van der Waals surface area contributed by atoms with Crippen molar-refractivity contribution < 1.29 is 8.83 Å². The third-order valence-electron chi connectivity index (χ3n) is 10.1. The molecule has 0 unspecified atom stereocenters. The monoisotopic (exact) mass is 692 g/mol. The smallest absolute Gasteiger partial charge is 0.164 e. The summed E-state index contributed by atoms with van der Waals surface area (Å²) >= 11 is 0. The molecule has 0 bridgehead atoms. The summed E-state index contributed by atoms with van der Waals surface area (Å²) in [5.41, 5.74) is 10.8. The number of pyridine rings is 1. The van der Waals surface area contributed by atoms with Crippen molar-refractivity contribution in [1.29, 1.82) is 0 Å². The number of furan rings is 2. The van der Waals surface area contributed by atoms with Gasteiger partial charge in [0.1, 0.15) is 22.3 Å². The third kappa shape index (κ3) is 4.89. The third-order valence-corrected chi connectivity index (χ3v) is 10.1. The zero-order valence-corrected chi connectivity index (χ0v) is 28.8. The van der Waals surface area contributed by atoms with Crippen LogP contribution in [0.1, 0.15) is 0 Å². The lowest BCUT2D eigenvalue weighted by Gasteiger charge is -2.11. The van der Waals surface area contributed by atoms with Crippen LogP contribution < -0.4 is 0 Å². The number of hydrogen-bond acceptors (Lipinski definition) is 6. The molecular weight excluding hydrogens is 665 g/mol. The van der Waals surface area contributed by atoms with Gasteiger partial charge in [0.25, 0.3) is 0 Å². The Morgan fingerprint density at radius 1 is 0.333 bits per heavy atom. The fourth-order valence-electron chi connectivity index (χ4n) is 7.53. The molecule has 6 nitrogen and oxygen atoms in total. The first-order valence-electron chi connectivity index (χ1n) is 17.9. The van der Waals surface area contributed by atoms with Crippen LogP contribution >= 0.6 is 0 Å². The second-order valence-electron chi connectivity index (χ2n) is 13.4. The van der Waals surface area contributed by atoms with Gasteiger partial charge >= 0.3 is 0 Å². The highest BCUT2D eigenvalue weighted by atomic mass is 16.3. The molecule has 0 amide bonds. The highest BCUT2D eigenvalue weighted by molar-refractivity contribution is 6.19.